The molecule has 2 aliphatic heterocycles. The zero-order valence-electron chi connectivity index (χ0n) is 19.1. The molecule has 0 bridgehead atoms. The molecule has 11 heteroatoms. The number of nitrogens with zero attached hydrogens (tertiary/aromatic N) is 6. The summed E-state index contributed by atoms with van der Waals surface area (Å²) in [6.07, 6.45) is -2.76. The van der Waals surface area contributed by atoms with Crippen molar-refractivity contribution in [2.75, 3.05) is 51.2 Å². The summed E-state index contributed by atoms with van der Waals surface area (Å²) in [5.41, 5.74) is 2.48. The molecule has 4 heterocycles. The predicted octanol–water partition coefficient (Wildman–Crippen LogP) is 3.74. The number of amides is 1. The van der Waals surface area contributed by atoms with Crippen LogP contribution in [0.2, 0.25) is 0 Å². The molecule has 2 saturated heterocycles. The van der Waals surface area contributed by atoms with E-state index in [-0.39, 0.29) is 19.1 Å². The van der Waals surface area contributed by atoms with Gasteiger partial charge in [0.2, 0.25) is 0 Å². The number of fused-ring (bicyclic) bond motifs is 1. The van der Waals surface area contributed by atoms with Crippen molar-refractivity contribution >= 4 is 22.6 Å². The number of rotatable bonds is 4. The molecule has 5 rings (SSSR count). The Hall–Kier alpha value is -3.47. The van der Waals surface area contributed by atoms with Crippen molar-refractivity contribution in [3.05, 3.63) is 54.5 Å². The van der Waals surface area contributed by atoms with Crippen LogP contribution in [0.4, 0.5) is 23.2 Å². The smallest absolute Gasteiger partial charge is 0.367 e. The van der Waals surface area contributed by atoms with Crippen molar-refractivity contribution in [1.29, 1.82) is 0 Å². The summed E-state index contributed by atoms with van der Waals surface area (Å²) in [7, 11) is 2.06. The standard InChI is InChI=1S/C24H24F4N6O/c1-15(25)23(35)33-13-18(14-33)34-22-19(32-11-9-31(2)10-12-32)7-8-29-21(22)20(30-34)16-3-5-17(6-4-16)24(26,27)28/h3-8,18H,1,9-14H2,2H3. The second-order valence-corrected chi connectivity index (χ2v) is 8.95. The number of pyridine rings is 1. The van der Waals surface area contributed by atoms with E-state index in [1.165, 1.54) is 17.0 Å². The van der Waals surface area contributed by atoms with Crippen LogP contribution in [-0.2, 0) is 11.0 Å². The van der Waals surface area contributed by atoms with Crippen LogP contribution in [0.1, 0.15) is 11.6 Å². The quantitative estimate of drug-likeness (QED) is 0.414. The third-order valence-corrected chi connectivity index (χ3v) is 6.62. The van der Waals surface area contributed by atoms with Crippen LogP contribution in [0.15, 0.2) is 48.9 Å². The number of halogens is 4. The van der Waals surface area contributed by atoms with Gasteiger partial charge in [-0.05, 0) is 25.2 Å². The van der Waals surface area contributed by atoms with E-state index in [4.69, 9.17) is 5.10 Å². The number of likely N-dealkylation sites (tertiary alicyclic amines) is 1. The first-order valence-electron chi connectivity index (χ1n) is 11.3. The minimum absolute atomic E-state index is 0.223. The minimum atomic E-state index is -4.44. The number of carbonyl (C=O) groups excluding carboxylic acids is 1. The fourth-order valence-electron chi connectivity index (χ4n) is 4.57. The molecule has 0 unspecified atom stereocenters. The minimum Gasteiger partial charge on any atom is -0.367 e. The van der Waals surface area contributed by atoms with Crippen LogP contribution in [0.3, 0.4) is 0 Å². The maximum absolute atomic E-state index is 13.3. The molecular formula is C24H24F4N6O. The number of hydrogen-bond acceptors (Lipinski definition) is 5. The Morgan fingerprint density at radius 3 is 2.31 bits per heavy atom. The average Bonchev–Trinajstić information content (AvgIpc) is 3.17. The first-order chi connectivity index (χ1) is 16.6. The summed E-state index contributed by atoms with van der Waals surface area (Å²) < 4.78 is 54.3. The van der Waals surface area contributed by atoms with Crippen molar-refractivity contribution in [2.45, 2.75) is 12.2 Å². The van der Waals surface area contributed by atoms with Crippen LogP contribution < -0.4 is 4.90 Å². The molecule has 0 spiro atoms. The molecule has 0 radical (unpaired) electrons. The van der Waals surface area contributed by atoms with Crippen LogP contribution >= 0.6 is 0 Å². The highest BCUT2D eigenvalue weighted by Crippen LogP contribution is 2.38. The second-order valence-electron chi connectivity index (χ2n) is 8.95. The Balaban J connectivity index is 1.58. The molecule has 1 aromatic carbocycles. The molecule has 3 aromatic rings. The lowest BCUT2D eigenvalue weighted by atomic mass is 10.1. The molecule has 7 nitrogen and oxygen atoms in total. The number of anilines is 1. The Kier molecular flexibility index (Phi) is 5.74. The number of carbonyl (C=O) groups is 1. The van der Waals surface area contributed by atoms with E-state index in [9.17, 15) is 22.4 Å². The molecular weight excluding hydrogens is 464 g/mol. The Labute approximate surface area is 199 Å². The molecule has 1 amide bonds. The van der Waals surface area contributed by atoms with Gasteiger partial charge in [-0.25, -0.2) is 4.39 Å². The fourth-order valence-corrected chi connectivity index (χ4v) is 4.57. The lowest BCUT2D eigenvalue weighted by Crippen LogP contribution is -2.51. The lowest BCUT2D eigenvalue weighted by molar-refractivity contribution is -0.137. The zero-order chi connectivity index (χ0) is 24.9. The van der Waals surface area contributed by atoms with Gasteiger partial charge in [-0.15, -0.1) is 0 Å². The topological polar surface area (TPSA) is 57.5 Å². The molecule has 0 atom stereocenters. The summed E-state index contributed by atoms with van der Waals surface area (Å²) >= 11 is 0. The number of hydrogen-bond donors (Lipinski definition) is 0. The van der Waals surface area contributed by atoms with Crippen molar-refractivity contribution in [3.8, 4) is 11.3 Å². The molecule has 0 aliphatic carbocycles. The third-order valence-electron chi connectivity index (χ3n) is 6.62. The molecule has 2 aliphatic rings. The van der Waals surface area contributed by atoms with Gasteiger partial charge in [-0.2, -0.15) is 18.3 Å². The number of aromatic nitrogens is 3. The van der Waals surface area contributed by atoms with Gasteiger partial charge in [0, 0.05) is 51.0 Å². The van der Waals surface area contributed by atoms with E-state index in [2.05, 4.69) is 28.4 Å². The summed E-state index contributed by atoms with van der Waals surface area (Å²) in [6.45, 7) is 6.94. The Bertz CT molecular complexity index is 1270. The molecule has 2 fully saturated rings. The van der Waals surface area contributed by atoms with Gasteiger partial charge in [0.25, 0.3) is 5.91 Å². The summed E-state index contributed by atoms with van der Waals surface area (Å²) in [5, 5.41) is 4.76. The van der Waals surface area contributed by atoms with E-state index in [0.29, 0.717) is 16.8 Å². The Morgan fingerprint density at radius 2 is 1.71 bits per heavy atom. The fraction of sp³-hybridized carbons (Fsp3) is 0.375. The van der Waals surface area contributed by atoms with E-state index in [1.807, 2.05) is 6.07 Å². The molecule has 0 N–H and O–H groups in total. The SMILES string of the molecule is C=C(F)C(=O)N1CC(n2nc(-c3ccc(C(F)(F)F)cc3)c3nccc(N4CCN(C)CC4)c32)C1. The number of piperazine rings is 1. The van der Waals surface area contributed by atoms with Crippen molar-refractivity contribution in [2.24, 2.45) is 0 Å². The summed E-state index contributed by atoms with van der Waals surface area (Å²) in [5.74, 6) is -1.77. The highest BCUT2D eigenvalue weighted by Gasteiger charge is 2.36. The van der Waals surface area contributed by atoms with Crippen LogP contribution in [0, 0.1) is 0 Å². The largest absolute Gasteiger partial charge is 0.416 e. The van der Waals surface area contributed by atoms with Crippen LogP contribution in [0.25, 0.3) is 22.3 Å². The van der Waals surface area contributed by atoms with Gasteiger partial charge in [0.15, 0.2) is 5.83 Å². The first kappa shape index (κ1) is 23.3. The molecule has 35 heavy (non-hydrogen) atoms. The van der Waals surface area contributed by atoms with Crippen LogP contribution in [-0.4, -0.2) is 76.8 Å². The van der Waals surface area contributed by atoms with Gasteiger partial charge >= 0.3 is 6.18 Å². The summed E-state index contributed by atoms with van der Waals surface area (Å²) in [6, 6.07) is 6.53. The zero-order valence-corrected chi connectivity index (χ0v) is 19.1. The van der Waals surface area contributed by atoms with Gasteiger partial charge in [-0.1, -0.05) is 18.7 Å². The second kappa shape index (κ2) is 8.63. The van der Waals surface area contributed by atoms with Gasteiger partial charge < -0.3 is 14.7 Å². The average molecular weight is 488 g/mol. The van der Waals surface area contributed by atoms with E-state index in [0.717, 1.165) is 49.5 Å². The highest BCUT2D eigenvalue weighted by atomic mass is 19.4. The van der Waals surface area contributed by atoms with Crippen molar-refractivity contribution in [1.82, 2.24) is 24.6 Å². The maximum atomic E-state index is 13.3. The van der Waals surface area contributed by atoms with Gasteiger partial charge in [0.05, 0.1) is 17.3 Å². The van der Waals surface area contributed by atoms with Crippen LogP contribution in [0.5, 0.6) is 0 Å². The normalized spacial score (nSPS) is 17.6. The van der Waals surface area contributed by atoms with Crippen molar-refractivity contribution < 1.29 is 22.4 Å². The predicted molar refractivity (Wildman–Crippen MR) is 124 cm³/mol. The maximum Gasteiger partial charge on any atom is 0.416 e. The molecule has 2 aromatic heterocycles. The Morgan fingerprint density at radius 1 is 1.06 bits per heavy atom. The third kappa shape index (κ3) is 4.24. The molecule has 0 saturated carbocycles. The van der Waals surface area contributed by atoms with E-state index < -0.39 is 23.5 Å². The summed E-state index contributed by atoms with van der Waals surface area (Å²) in [4.78, 5) is 22.3. The van der Waals surface area contributed by atoms with Gasteiger partial charge in [-0.3, -0.25) is 14.5 Å². The monoisotopic (exact) mass is 488 g/mol. The van der Waals surface area contributed by atoms with Gasteiger partial charge in [0.1, 0.15) is 16.7 Å². The number of likely N-dealkylation sites (N-methyl/N-ethyl adjacent to an activating group) is 1. The van der Waals surface area contributed by atoms with Crippen molar-refractivity contribution in [3.63, 3.8) is 0 Å². The number of alkyl halides is 3. The van der Waals surface area contributed by atoms with E-state index in [1.54, 1.807) is 10.9 Å². The lowest BCUT2D eigenvalue weighted by Gasteiger charge is -2.39. The number of benzene rings is 1. The molecule has 184 valence electrons. The highest BCUT2D eigenvalue weighted by molar-refractivity contribution is 5.98. The first-order valence-corrected chi connectivity index (χ1v) is 11.3. The van der Waals surface area contributed by atoms with E-state index >= 15 is 0 Å².